The number of aromatic carboxylic acids is 1. The highest BCUT2D eigenvalue weighted by Gasteiger charge is 2.16. The van der Waals surface area contributed by atoms with E-state index < -0.39 is 5.97 Å². The van der Waals surface area contributed by atoms with Gasteiger partial charge in [0.05, 0.1) is 5.56 Å². The highest BCUT2D eigenvalue weighted by molar-refractivity contribution is 5.87. The van der Waals surface area contributed by atoms with E-state index in [0.717, 1.165) is 73.9 Å². The van der Waals surface area contributed by atoms with Gasteiger partial charge in [-0.25, -0.2) is 9.18 Å². The van der Waals surface area contributed by atoms with Gasteiger partial charge < -0.3 is 9.84 Å². The summed E-state index contributed by atoms with van der Waals surface area (Å²) in [6, 6.07) is 29.7. The maximum atomic E-state index is 13.2. The van der Waals surface area contributed by atoms with Crippen LogP contribution in [0.2, 0.25) is 0 Å². The van der Waals surface area contributed by atoms with Crippen LogP contribution in [-0.4, -0.2) is 47.1 Å². The number of carbonyl (C=O) groups is 1. The molecule has 1 saturated heterocycles. The predicted octanol–water partition coefficient (Wildman–Crippen LogP) is 6.69. The second-order valence-corrected chi connectivity index (χ2v) is 9.69. The van der Waals surface area contributed by atoms with Crippen LogP contribution in [0.15, 0.2) is 97.1 Å². The number of rotatable bonds is 8. The van der Waals surface area contributed by atoms with Gasteiger partial charge in [-0.1, -0.05) is 48.5 Å². The summed E-state index contributed by atoms with van der Waals surface area (Å²) in [6.45, 7) is 5.79. The number of hydrogen-bond donors (Lipinski definition) is 1. The van der Waals surface area contributed by atoms with Crippen molar-refractivity contribution in [2.24, 2.45) is 0 Å². The molecule has 1 heterocycles. The maximum Gasteiger partial charge on any atom is 0.335 e. The molecule has 0 bridgehead atoms. The molecule has 0 unspecified atom stereocenters. The van der Waals surface area contributed by atoms with E-state index in [-0.39, 0.29) is 5.82 Å². The molecule has 0 aromatic heterocycles. The summed E-state index contributed by atoms with van der Waals surface area (Å²) < 4.78 is 19.2. The van der Waals surface area contributed by atoms with Gasteiger partial charge in [-0.2, -0.15) is 0 Å². The molecule has 0 atom stereocenters. The van der Waals surface area contributed by atoms with Crippen molar-refractivity contribution in [3.05, 3.63) is 120 Å². The molecule has 38 heavy (non-hydrogen) atoms. The summed E-state index contributed by atoms with van der Waals surface area (Å²) in [5.41, 5.74) is 4.70. The predicted molar refractivity (Wildman–Crippen MR) is 147 cm³/mol. The smallest absolute Gasteiger partial charge is 0.335 e. The fourth-order valence-electron chi connectivity index (χ4n) is 4.77. The molecule has 0 radical (unpaired) electrons. The van der Waals surface area contributed by atoms with E-state index in [9.17, 15) is 9.18 Å². The maximum absolute atomic E-state index is 13.2. The third kappa shape index (κ3) is 6.85. The summed E-state index contributed by atoms with van der Waals surface area (Å²) in [6.07, 6.45) is 1.10. The van der Waals surface area contributed by atoms with E-state index in [4.69, 9.17) is 9.84 Å². The van der Waals surface area contributed by atoms with E-state index in [1.165, 1.54) is 17.7 Å². The number of carboxylic acid groups (broad SMARTS) is 1. The van der Waals surface area contributed by atoms with Crippen LogP contribution in [0.25, 0.3) is 11.1 Å². The van der Waals surface area contributed by atoms with Crippen molar-refractivity contribution in [3.63, 3.8) is 0 Å². The number of hydrogen-bond acceptors (Lipinski definition) is 4. The molecule has 194 valence electrons. The normalized spacial score (nSPS) is 14.7. The minimum Gasteiger partial charge on any atom is -0.478 e. The van der Waals surface area contributed by atoms with E-state index in [2.05, 4.69) is 21.9 Å². The monoisotopic (exact) mass is 510 g/mol. The van der Waals surface area contributed by atoms with Gasteiger partial charge in [0.25, 0.3) is 0 Å². The molecule has 4 aromatic rings. The van der Waals surface area contributed by atoms with Crippen molar-refractivity contribution in [1.82, 2.24) is 9.80 Å². The minimum absolute atomic E-state index is 0.239. The molecule has 1 fully saturated rings. The lowest BCUT2D eigenvalue weighted by Crippen LogP contribution is -2.30. The molecule has 1 aliphatic rings. The summed E-state index contributed by atoms with van der Waals surface area (Å²) in [4.78, 5) is 16.0. The lowest BCUT2D eigenvalue weighted by molar-refractivity contribution is 0.0697. The molecule has 0 spiro atoms. The van der Waals surface area contributed by atoms with Crippen molar-refractivity contribution in [2.75, 3.05) is 26.2 Å². The summed E-state index contributed by atoms with van der Waals surface area (Å²) >= 11 is 0. The first kappa shape index (κ1) is 25.6. The van der Waals surface area contributed by atoms with E-state index in [1.54, 1.807) is 24.3 Å². The topological polar surface area (TPSA) is 53.0 Å². The Morgan fingerprint density at radius 1 is 0.658 bits per heavy atom. The highest BCUT2D eigenvalue weighted by Crippen LogP contribution is 2.26. The van der Waals surface area contributed by atoms with E-state index in [0.29, 0.717) is 5.56 Å². The number of nitrogens with zero attached hydrogens (tertiary/aromatic N) is 2. The molecule has 0 saturated carbocycles. The molecule has 4 aromatic carbocycles. The third-order valence-electron chi connectivity index (χ3n) is 6.89. The molecule has 5 rings (SSSR count). The minimum atomic E-state index is -0.890. The van der Waals surface area contributed by atoms with Crippen LogP contribution in [0.1, 0.15) is 27.9 Å². The molecule has 6 heteroatoms. The van der Waals surface area contributed by atoms with E-state index in [1.807, 2.05) is 48.5 Å². The highest BCUT2D eigenvalue weighted by atomic mass is 19.1. The first-order chi connectivity index (χ1) is 18.5. The lowest BCUT2D eigenvalue weighted by atomic mass is 10.1. The SMILES string of the molecule is O=C(O)c1ccc(CN2CCCN(Cc3ccc(Oc4ccc(-c5ccc(F)cc5)cc4)cc3)CC2)cc1. The molecule has 1 N–H and O–H groups in total. The largest absolute Gasteiger partial charge is 0.478 e. The van der Waals surface area contributed by atoms with Crippen molar-refractivity contribution in [3.8, 4) is 22.6 Å². The fraction of sp³-hybridized carbons (Fsp3) is 0.219. The van der Waals surface area contributed by atoms with Gasteiger partial charge in [-0.05, 0) is 90.3 Å². The summed E-state index contributed by atoms with van der Waals surface area (Å²) in [5, 5.41) is 9.09. The Morgan fingerprint density at radius 2 is 1.11 bits per heavy atom. The van der Waals surface area contributed by atoms with Gasteiger partial charge in [0.15, 0.2) is 0 Å². The Bertz CT molecular complexity index is 1340. The quantitative estimate of drug-likeness (QED) is 0.286. The summed E-state index contributed by atoms with van der Waals surface area (Å²) in [7, 11) is 0. The number of ether oxygens (including phenoxy) is 1. The number of benzene rings is 4. The number of halogens is 1. The molecular formula is C32H31FN2O3. The lowest BCUT2D eigenvalue weighted by Gasteiger charge is -2.22. The molecule has 0 amide bonds. The van der Waals surface area contributed by atoms with E-state index >= 15 is 0 Å². The molecule has 0 aliphatic carbocycles. The fourth-order valence-corrected chi connectivity index (χ4v) is 4.77. The van der Waals surface area contributed by atoms with Crippen LogP contribution in [0.3, 0.4) is 0 Å². The first-order valence-corrected chi connectivity index (χ1v) is 12.9. The zero-order chi connectivity index (χ0) is 26.3. The van der Waals surface area contributed by atoms with Gasteiger partial charge in [-0.15, -0.1) is 0 Å². The Hall–Kier alpha value is -4.00. The average Bonchev–Trinajstić information content (AvgIpc) is 3.16. The van der Waals surface area contributed by atoms with Gasteiger partial charge in [-0.3, -0.25) is 9.80 Å². The average molecular weight is 511 g/mol. The third-order valence-corrected chi connectivity index (χ3v) is 6.89. The molecule has 5 nitrogen and oxygen atoms in total. The van der Waals surface area contributed by atoms with Gasteiger partial charge in [0.1, 0.15) is 17.3 Å². The van der Waals surface area contributed by atoms with Crippen LogP contribution >= 0.6 is 0 Å². The standard InChI is InChI=1S/C32H31FN2O3/c33-29-12-8-26(9-13-29)27-10-16-31(17-11-27)38-30-14-4-25(5-15-30)23-35-19-1-18-34(20-21-35)22-24-2-6-28(7-3-24)32(36)37/h2-17H,1,18-23H2,(H,36,37). The van der Waals surface area contributed by atoms with Crippen LogP contribution in [0.5, 0.6) is 11.5 Å². The Morgan fingerprint density at radius 3 is 1.61 bits per heavy atom. The second-order valence-electron chi connectivity index (χ2n) is 9.69. The van der Waals surface area contributed by atoms with Crippen LogP contribution in [0, 0.1) is 5.82 Å². The molecule has 1 aliphatic heterocycles. The van der Waals surface area contributed by atoms with Gasteiger partial charge in [0, 0.05) is 26.2 Å². The van der Waals surface area contributed by atoms with Crippen molar-refractivity contribution < 1.29 is 19.0 Å². The Kier molecular flexibility index (Phi) is 8.12. The van der Waals surface area contributed by atoms with Crippen LogP contribution in [0.4, 0.5) is 4.39 Å². The Labute approximate surface area is 222 Å². The van der Waals surface area contributed by atoms with Gasteiger partial charge >= 0.3 is 5.97 Å². The van der Waals surface area contributed by atoms with Crippen molar-refractivity contribution in [1.29, 1.82) is 0 Å². The van der Waals surface area contributed by atoms with Crippen molar-refractivity contribution in [2.45, 2.75) is 19.5 Å². The molecular weight excluding hydrogens is 479 g/mol. The number of carboxylic acids is 1. The Balaban J connectivity index is 1.11. The van der Waals surface area contributed by atoms with Crippen LogP contribution in [-0.2, 0) is 13.1 Å². The van der Waals surface area contributed by atoms with Crippen molar-refractivity contribution >= 4 is 5.97 Å². The first-order valence-electron chi connectivity index (χ1n) is 12.9. The summed E-state index contributed by atoms with van der Waals surface area (Å²) in [5.74, 6) is 0.420. The zero-order valence-electron chi connectivity index (χ0n) is 21.2. The van der Waals surface area contributed by atoms with Gasteiger partial charge in [0.2, 0.25) is 0 Å². The second kappa shape index (κ2) is 12.0. The zero-order valence-corrected chi connectivity index (χ0v) is 21.2. The van der Waals surface area contributed by atoms with Crippen LogP contribution < -0.4 is 4.74 Å².